The number of ether oxygens (including phenoxy) is 1. The third-order valence-electron chi connectivity index (χ3n) is 4.25. The van der Waals surface area contributed by atoms with Crippen molar-refractivity contribution in [3.8, 4) is 0 Å². The number of rotatable bonds is 2. The van der Waals surface area contributed by atoms with E-state index in [1.54, 1.807) is 6.92 Å². The number of hydrogen-bond donors (Lipinski definition) is 1. The number of carbonyl (C=O) groups is 1. The number of aryl methyl sites for hydroxylation is 1. The van der Waals surface area contributed by atoms with Crippen LogP contribution in [0.4, 0.5) is 0 Å². The Morgan fingerprint density at radius 3 is 2.85 bits per heavy atom. The number of hydrogen-bond acceptors (Lipinski definition) is 3. The molecule has 3 unspecified atom stereocenters. The van der Waals surface area contributed by atoms with E-state index in [4.69, 9.17) is 4.74 Å². The third kappa shape index (κ3) is 3.21. The molecule has 0 amide bonds. The van der Waals surface area contributed by atoms with E-state index in [1.165, 1.54) is 11.1 Å². The molecule has 0 spiro atoms. The van der Waals surface area contributed by atoms with Crippen LogP contribution in [0.15, 0.2) is 24.3 Å². The maximum absolute atomic E-state index is 12.2. The SMILES string of the molecule is CCOC(=O)C1C(O)CCCCc2ccccc2C1C. The molecule has 20 heavy (non-hydrogen) atoms. The number of fused-ring (bicyclic) bond motifs is 1. The van der Waals surface area contributed by atoms with Gasteiger partial charge in [0.2, 0.25) is 0 Å². The normalized spacial score (nSPS) is 26.9. The second-order valence-corrected chi connectivity index (χ2v) is 5.58. The van der Waals surface area contributed by atoms with E-state index in [9.17, 15) is 9.90 Å². The van der Waals surface area contributed by atoms with E-state index < -0.39 is 12.0 Å². The monoisotopic (exact) mass is 276 g/mol. The minimum absolute atomic E-state index is 0.0154. The smallest absolute Gasteiger partial charge is 0.312 e. The Morgan fingerprint density at radius 1 is 1.35 bits per heavy atom. The van der Waals surface area contributed by atoms with Gasteiger partial charge in [-0.05, 0) is 43.2 Å². The lowest BCUT2D eigenvalue weighted by Crippen LogP contribution is -2.34. The first-order chi connectivity index (χ1) is 9.65. The van der Waals surface area contributed by atoms with Crippen LogP contribution < -0.4 is 0 Å². The summed E-state index contributed by atoms with van der Waals surface area (Å²) in [5.41, 5.74) is 2.47. The first kappa shape index (κ1) is 15.0. The van der Waals surface area contributed by atoms with Gasteiger partial charge in [-0.2, -0.15) is 0 Å². The van der Waals surface area contributed by atoms with Crippen molar-refractivity contribution < 1.29 is 14.6 Å². The molecule has 0 aliphatic heterocycles. The minimum atomic E-state index is -0.616. The minimum Gasteiger partial charge on any atom is -0.466 e. The van der Waals surface area contributed by atoms with Crippen LogP contribution in [0.25, 0.3) is 0 Å². The fourth-order valence-electron chi connectivity index (χ4n) is 3.18. The van der Waals surface area contributed by atoms with Crippen LogP contribution in [0, 0.1) is 5.92 Å². The molecule has 2 rings (SSSR count). The van der Waals surface area contributed by atoms with Crippen LogP contribution in [-0.2, 0) is 16.0 Å². The van der Waals surface area contributed by atoms with Crippen LogP contribution in [0.5, 0.6) is 0 Å². The molecule has 0 fully saturated rings. The average Bonchev–Trinajstić information content (AvgIpc) is 2.49. The summed E-state index contributed by atoms with van der Waals surface area (Å²) in [5.74, 6) is -0.753. The van der Waals surface area contributed by atoms with Crippen molar-refractivity contribution in [2.75, 3.05) is 6.61 Å². The van der Waals surface area contributed by atoms with E-state index in [2.05, 4.69) is 12.1 Å². The first-order valence-electron chi connectivity index (χ1n) is 7.57. The maximum atomic E-state index is 12.2. The van der Waals surface area contributed by atoms with Crippen LogP contribution >= 0.6 is 0 Å². The number of aliphatic hydroxyl groups is 1. The molecule has 3 atom stereocenters. The van der Waals surface area contributed by atoms with E-state index in [0.29, 0.717) is 13.0 Å². The number of aliphatic hydroxyl groups excluding tert-OH is 1. The maximum Gasteiger partial charge on any atom is 0.312 e. The van der Waals surface area contributed by atoms with Gasteiger partial charge in [0, 0.05) is 0 Å². The fraction of sp³-hybridized carbons (Fsp3) is 0.588. The summed E-state index contributed by atoms with van der Waals surface area (Å²) in [6.45, 7) is 4.18. The highest BCUT2D eigenvalue weighted by Crippen LogP contribution is 2.34. The van der Waals surface area contributed by atoms with Crippen LogP contribution in [0.1, 0.15) is 50.2 Å². The van der Waals surface area contributed by atoms with Gasteiger partial charge in [0.05, 0.1) is 18.6 Å². The number of esters is 1. The van der Waals surface area contributed by atoms with Crippen LogP contribution in [0.3, 0.4) is 0 Å². The zero-order valence-electron chi connectivity index (χ0n) is 12.3. The molecule has 1 aromatic carbocycles. The van der Waals surface area contributed by atoms with Crippen LogP contribution in [-0.4, -0.2) is 23.8 Å². The summed E-state index contributed by atoms with van der Waals surface area (Å²) in [6, 6.07) is 8.25. The summed E-state index contributed by atoms with van der Waals surface area (Å²) in [5, 5.41) is 10.4. The van der Waals surface area contributed by atoms with Gasteiger partial charge in [0.1, 0.15) is 0 Å². The van der Waals surface area contributed by atoms with E-state index >= 15 is 0 Å². The van der Waals surface area contributed by atoms with Crippen molar-refractivity contribution in [1.29, 1.82) is 0 Å². The molecule has 0 radical (unpaired) electrons. The van der Waals surface area contributed by atoms with Gasteiger partial charge in [-0.3, -0.25) is 4.79 Å². The fourth-order valence-corrected chi connectivity index (χ4v) is 3.18. The highest BCUT2D eigenvalue weighted by Gasteiger charge is 2.35. The van der Waals surface area contributed by atoms with Crippen molar-refractivity contribution in [3.63, 3.8) is 0 Å². The Morgan fingerprint density at radius 2 is 2.10 bits per heavy atom. The van der Waals surface area contributed by atoms with Crippen molar-refractivity contribution >= 4 is 5.97 Å². The lowest BCUT2D eigenvalue weighted by molar-refractivity contribution is -0.153. The summed E-state index contributed by atoms with van der Waals surface area (Å²) >= 11 is 0. The molecule has 1 aromatic rings. The third-order valence-corrected chi connectivity index (χ3v) is 4.25. The zero-order chi connectivity index (χ0) is 14.5. The van der Waals surface area contributed by atoms with Gasteiger partial charge >= 0.3 is 5.97 Å². The standard InChI is InChI=1S/C17H24O3/c1-3-20-17(19)16-12(2)14-10-6-4-8-13(14)9-5-7-11-15(16)18/h4,6,8,10,12,15-16,18H,3,5,7,9,11H2,1-2H3. The Kier molecular flexibility index (Phi) is 5.18. The highest BCUT2D eigenvalue weighted by atomic mass is 16.5. The van der Waals surface area contributed by atoms with Gasteiger partial charge in [-0.15, -0.1) is 0 Å². The van der Waals surface area contributed by atoms with Gasteiger partial charge in [-0.25, -0.2) is 0 Å². The zero-order valence-corrected chi connectivity index (χ0v) is 12.3. The molecule has 0 aromatic heterocycles. The largest absolute Gasteiger partial charge is 0.466 e. The van der Waals surface area contributed by atoms with Crippen molar-refractivity contribution in [2.24, 2.45) is 5.92 Å². The topological polar surface area (TPSA) is 46.5 Å². The Bertz CT molecular complexity index is 455. The molecule has 0 heterocycles. The molecule has 1 aliphatic rings. The molecule has 0 bridgehead atoms. The predicted molar refractivity (Wildman–Crippen MR) is 78.5 cm³/mol. The first-order valence-corrected chi connectivity index (χ1v) is 7.57. The Balaban J connectivity index is 2.36. The summed E-state index contributed by atoms with van der Waals surface area (Å²) < 4.78 is 5.18. The number of carbonyl (C=O) groups excluding carboxylic acids is 1. The van der Waals surface area contributed by atoms with E-state index in [-0.39, 0.29) is 11.9 Å². The predicted octanol–water partition coefficient (Wildman–Crippen LogP) is 3.06. The van der Waals surface area contributed by atoms with Crippen molar-refractivity contribution in [1.82, 2.24) is 0 Å². The van der Waals surface area contributed by atoms with E-state index in [1.807, 2.05) is 19.1 Å². The number of benzene rings is 1. The summed E-state index contributed by atoms with van der Waals surface area (Å²) in [7, 11) is 0. The second-order valence-electron chi connectivity index (χ2n) is 5.58. The molecule has 110 valence electrons. The molecule has 3 heteroatoms. The van der Waals surface area contributed by atoms with Gasteiger partial charge in [-0.1, -0.05) is 37.6 Å². The van der Waals surface area contributed by atoms with Crippen molar-refractivity contribution in [2.45, 2.75) is 51.6 Å². The summed E-state index contributed by atoms with van der Waals surface area (Å²) in [6.07, 6.45) is 3.06. The summed E-state index contributed by atoms with van der Waals surface area (Å²) in [4.78, 5) is 12.2. The highest BCUT2D eigenvalue weighted by molar-refractivity contribution is 5.74. The van der Waals surface area contributed by atoms with E-state index in [0.717, 1.165) is 19.3 Å². The van der Waals surface area contributed by atoms with Gasteiger partial charge in [0.15, 0.2) is 0 Å². The van der Waals surface area contributed by atoms with Crippen LogP contribution in [0.2, 0.25) is 0 Å². The van der Waals surface area contributed by atoms with Crippen molar-refractivity contribution in [3.05, 3.63) is 35.4 Å². The lowest BCUT2D eigenvalue weighted by Gasteiger charge is -2.27. The van der Waals surface area contributed by atoms with Gasteiger partial charge < -0.3 is 9.84 Å². The van der Waals surface area contributed by atoms with Gasteiger partial charge in [0.25, 0.3) is 0 Å². The molecule has 1 N–H and O–H groups in total. The average molecular weight is 276 g/mol. The molecule has 1 aliphatic carbocycles. The Hall–Kier alpha value is -1.35. The Labute approximate surface area is 121 Å². The molecular weight excluding hydrogens is 252 g/mol. The molecular formula is C17H24O3. The quantitative estimate of drug-likeness (QED) is 0.844. The second kappa shape index (κ2) is 6.89. The molecule has 0 saturated heterocycles. The molecule has 3 nitrogen and oxygen atoms in total. The lowest BCUT2D eigenvalue weighted by atomic mass is 9.81. The molecule has 0 saturated carbocycles.